The minimum Gasteiger partial charge on any atom is -0.493 e. The number of para-hydroxylation sites is 1. The van der Waals surface area contributed by atoms with Crippen molar-refractivity contribution in [3.63, 3.8) is 0 Å². The van der Waals surface area contributed by atoms with Gasteiger partial charge in [0.15, 0.2) is 11.8 Å². The molecule has 29 heavy (non-hydrogen) atoms. The molecule has 2 aromatic rings. The average molecular weight is 397 g/mol. The normalized spacial score (nSPS) is 16.8. The standard InChI is InChI=1S/C22H32N6O/c1-2-23-22(25-15-21-27-26-20-10-4-3-7-13-28(20)21)24-14-18-8-5-6-9-19(18)29-16-17-11-12-17/h5-6,8-9,17H,2-4,7,10-16H2,1H3,(H2,23,24,25). The minimum absolute atomic E-state index is 0.577. The summed E-state index contributed by atoms with van der Waals surface area (Å²) in [6.07, 6.45) is 7.28. The van der Waals surface area contributed by atoms with Gasteiger partial charge in [-0.1, -0.05) is 24.6 Å². The molecule has 7 heteroatoms. The van der Waals surface area contributed by atoms with Crippen LogP contribution in [0, 0.1) is 5.92 Å². The molecule has 1 aliphatic heterocycles. The van der Waals surface area contributed by atoms with Crippen LogP contribution in [0.3, 0.4) is 0 Å². The van der Waals surface area contributed by atoms with Gasteiger partial charge in [-0.25, -0.2) is 4.99 Å². The zero-order valence-electron chi connectivity index (χ0n) is 17.4. The summed E-state index contributed by atoms with van der Waals surface area (Å²) in [5.41, 5.74) is 1.11. The van der Waals surface area contributed by atoms with E-state index in [0.717, 1.165) is 61.0 Å². The van der Waals surface area contributed by atoms with Gasteiger partial charge in [0.2, 0.25) is 0 Å². The van der Waals surface area contributed by atoms with Crippen LogP contribution in [-0.2, 0) is 26.1 Å². The summed E-state index contributed by atoms with van der Waals surface area (Å²) in [4.78, 5) is 4.77. The number of ether oxygens (including phenoxy) is 1. The Kier molecular flexibility index (Phi) is 6.64. The number of aliphatic imine (C=N–C) groups is 1. The fourth-order valence-electron chi connectivity index (χ4n) is 3.61. The zero-order chi connectivity index (χ0) is 19.9. The highest BCUT2D eigenvalue weighted by molar-refractivity contribution is 5.79. The van der Waals surface area contributed by atoms with Crippen LogP contribution in [0.1, 0.15) is 56.2 Å². The highest BCUT2D eigenvalue weighted by atomic mass is 16.5. The van der Waals surface area contributed by atoms with E-state index in [4.69, 9.17) is 9.73 Å². The first-order valence-electron chi connectivity index (χ1n) is 11.0. The van der Waals surface area contributed by atoms with Crippen LogP contribution in [0.2, 0.25) is 0 Å². The van der Waals surface area contributed by atoms with E-state index in [2.05, 4.69) is 38.4 Å². The van der Waals surface area contributed by atoms with Crippen LogP contribution in [-0.4, -0.2) is 33.9 Å². The first-order chi connectivity index (χ1) is 14.3. The highest BCUT2D eigenvalue weighted by Gasteiger charge is 2.22. The van der Waals surface area contributed by atoms with Gasteiger partial charge < -0.3 is 19.9 Å². The number of nitrogens with zero attached hydrogens (tertiary/aromatic N) is 4. The number of guanidine groups is 1. The molecule has 2 heterocycles. The second kappa shape index (κ2) is 9.76. The molecule has 156 valence electrons. The summed E-state index contributed by atoms with van der Waals surface area (Å²) >= 11 is 0. The SMILES string of the molecule is CCNC(=NCc1ccccc1OCC1CC1)NCc1nnc2n1CCCCC2. The third-order valence-corrected chi connectivity index (χ3v) is 5.50. The Balaban J connectivity index is 1.39. The van der Waals surface area contributed by atoms with Crippen LogP contribution in [0.25, 0.3) is 0 Å². The molecule has 1 fully saturated rings. The summed E-state index contributed by atoms with van der Waals surface area (Å²) in [5, 5.41) is 15.5. The zero-order valence-corrected chi connectivity index (χ0v) is 17.4. The molecule has 0 saturated heterocycles. The maximum absolute atomic E-state index is 6.01. The van der Waals surface area contributed by atoms with E-state index < -0.39 is 0 Å². The monoisotopic (exact) mass is 396 g/mol. The number of aromatic nitrogens is 3. The van der Waals surface area contributed by atoms with Crippen molar-refractivity contribution in [1.29, 1.82) is 0 Å². The van der Waals surface area contributed by atoms with E-state index in [1.807, 2.05) is 18.2 Å². The summed E-state index contributed by atoms with van der Waals surface area (Å²) in [6.45, 7) is 5.92. The van der Waals surface area contributed by atoms with Crippen molar-refractivity contribution in [2.75, 3.05) is 13.2 Å². The third-order valence-electron chi connectivity index (χ3n) is 5.50. The van der Waals surface area contributed by atoms with Gasteiger partial charge in [0.1, 0.15) is 11.6 Å². The summed E-state index contributed by atoms with van der Waals surface area (Å²) in [5.74, 6) is 4.57. The fourth-order valence-corrected chi connectivity index (χ4v) is 3.61. The predicted molar refractivity (Wildman–Crippen MR) is 114 cm³/mol. The van der Waals surface area contributed by atoms with Crippen LogP contribution < -0.4 is 15.4 Å². The van der Waals surface area contributed by atoms with Gasteiger partial charge in [0, 0.05) is 25.1 Å². The summed E-state index contributed by atoms with van der Waals surface area (Å²) < 4.78 is 8.28. The van der Waals surface area contributed by atoms with Crippen LogP contribution >= 0.6 is 0 Å². The quantitative estimate of drug-likeness (QED) is 0.530. The number of hydrogen-bond donors (Lipinski definition) is 2. The number of rotatable bonds is 8. The van der Waals surface area contributed by atoms with Gasteiger partial charge in [-0.2, -0.15) is 0 Å². The molecule has 1 saturated carbocycles. The van der Waals surface area contributed by atoms with Crippen molar-refractivity contribution < 1.29 is 4.74 Å². The van der Waals surface area contributed by atoms with Crippen molar-refractivity contribution in [2.45, 2.75) is 65.1 Å². The Morgan fingerprint density at radius 1 is 1.17 bits per heavy atom. The van der Waals surface area contributed by atoms with Crippen molar-refractivity contribution in [3.8, 4) is 5.75 Å². The van der Waals surface area contributed by atoms with Gasteiger partial charge in [0.05, 0.1) is 19.7 Å². The first kappa shape index (κ1) is 19.7. The largest absolute Gasteiger partial charge is 0.493 e. The Labute approximate surface area is 173 Å². The lowest BCUT2D eigenvalue weighted by Gasteiger charge is -2.13. The molecule has 7 nitrogen and oxygen atoms in total. The number of fused-ring (bicyclic) bond motifs is 1. The van der Waals surface area contributed by atoms with E-state index in [9.17, 15) is 0 Å². The molecule has 0 spiro atoms. The van der Waals surface area contributed by atoms with E-state index in [-0.39, 0.29) is 0 Å². The lowest BCUT2D eigenvalue weighted by atomic mass is 10.2. The van der Waals surface area contributed by atoms with Crippen molar-refractivity contribution in [2.24, 2.45) is 10.9 Å². The van der Waals surface area contributed by atoms with Crippen molar-refractivity contribution in [3.05, 3.63) is 41.5 Å². The van der Waals surface area contributed by atoms with Crippen molar-refractivity contribution >= 4 is 5.96 Å². The molecular weight excluding hydrogens is 364 g/mol. The van der Waals surface area contributed by atoms with E-state index >= 15 is 0 Å². The molecule has 4 rings (SSSR count). The molecule has 1 aromatic carbocycles. The van der Waals surface area contributed by atoms with Crippen LogP contribution in [0.5, 0.6) is 5.75 Å². The molecule has 0 bridgehead atoms. The van der Waals surface area contributed by atoms with Gasteiger partial charge in [-0.05, 0) is 44.6 Å². The number of aryl methyl sites for hydroxylation is 1. The molecule has 0 radical (unpaired) electrons. The topological polar surface area (TPSA) is 76.4 Å². The third kappa shape index (κ3) is 5.49. The molecule has 2 aliphatic rings. The second-order valence-electron chi connectivity index (χ2n) is 7.91. The maximum Gasteiger partial charge on any atom is 0.191 e. The molecule has 0 atom stereocenters. The Morgan fingerprint density at radius 3 is 2.93 bits per heavy atom. The average Bonchev–Trinajstić information content (AvgIpc) is 3.54. The van der Waals surface area contributed by atoms with Gasteiger partial charge >= 0.3 is 0 Å². The van der Waals surface area contributed by atoms with E-state index in [1.165, 1.54) is 32.1 Å². The Hall–Kier alpha value is -2.57. The Morgan fingerprint density at radius 2 is 2.07 bits per heavy atom. The van der Waals surface area contributed by atoms with E-state index in [1.54, 1.807) is 0 Å². The van der Waals surface area contributed by atoms with Gasteiger partial charge in [-0.3, -0.25) is 0 Å². The lowest BCUT2D eigenvalue weighted by Crippen LogP contribution is -2.37. The van der Waals surface area contributed by atoms with Crippen LogP contribution in [0.4, 0.5) is 0 Å². The predicted octanol–water partition coefficient (Wildman–Crippen LogP) is 3.05. The highest BCUT2D eigenvalue weighted by Crippen LogP contribution is 2.30. The summed E-state index contributed by atoms with van der Waals surface area (Å²) in [6, 6.07) is 8.20. The lowest BCUT2D eigenvalue weighted by molar-refractivity contribution is 0.297. The molecular formula is C22H32N6O. The number of benzene rings is 1. The number of nitrogens with one attached hydrogen (secondary N) is 2. The minimum atomic E-state index is 0.577. The second-order valence-corrected chi connectivity index (χ2v) is 7.91. The first-order valence-corrected chi connectivity index (χ1v) is 11.0. The van der Waals surface area contributed by atoms with Crippen molar-refractivity contribution in [1.82, 2.24) is 25.4 Å². The molecule has 0 amide bonds. The maximum atomic E-state index is 6.01. The van der Waals surface area contributed by atoms with E-state index in [0.29, 0.717) is 13.1 Å². The van der Waals surface area contributed by atoms with Gasteiger partial charge in [-0.15, -0.1) is 10.2 Å². The molecule has 2 N–H and O–H groups in total. The summed E-state index contributed by atoms with van der Waals surface area (Å²) in [7, 11) is 0. The van der Waals surface area contributed by atoms with Gasteiger partial charge in [0.25, 0.3) is 0 Å². The smallest absolute Gasteiger partial charge is 0.191 e. The Bertz CT molecular complexity index is 826. The molecule has 0 unspecified atom stereocenters. The fraction of sp³-hybridized carbons (Fsp3) is 0.591. The molecule has 1 aliphatic carbocycles. The number of hydrogen-bond acceptors (Lipinski definition) is 4. The molecule has 1 aromatic heterocycles. The van der Waals surface area contributed by atoms with Crippen LogP contribution in [0.15, 0.2) is 29.3 Å².